The Morgan fingerprint density at radius 1 is 1.36 bits per heavy atom. The number of epoxide rings is 1. The van der Waals surface area contributed by atoms with E-state index in [1.165, 1.54) is 13.0 Å². The third-order valence-corrected chi connectivity index (χ3v) is 4.84. The third-order valence-electron chi connectivity index (χ3n) is 4.84. The van der Waals surface area contributed by atoms with Gasteiger partial charge in [-0.25, -0.2) is 4.79 Å². The van der Waals surface area contributed by atoms with Gasteiger partial charge in [0.05, 0.1) is 6.61 Å². The lowest BCUT2D eigenvalue weighted by atomic mass is 9.79. The number of carbonyl (C=O) groups excluding carboxylic acids is 1. The summed E-state index contributed by atoms with van der Waals surface area (Å²) in [5.41, 5.74) is -0.535. The number of aliphatic carboxylic acids is 1. The summed E-state index contributed by atoms with van der Waals surface area (Å²) >= 11 is 0. The molecule has 6 nitrogen and oxygen atoms in total. The molecule has 0 aromatic rings. The molecule has 0 aromatic carbocycles. The van der Waals surface area contributed by atoms with Crippen molar-refractivity contribution >= 4 is 11.8 Å². The summed E-state index contributed by atoms with van der Waals surface area (Å²) in [5.74, 6) is -1.35. The van der Waals surface area contributed by atoms with Crippen molar-refractivity contribution in [2.75, 3.05) is 6.61 Å². The van der Waals surface area contributed by atoms with Crippen molar-refractivity contribution in [3.8, 4) is 0 Å². The zero-order chi connectivity index (χ0) is 18.6. The molecule has 2 aliphatic rings. The number of aliphatic hydroxyl groups excluding tert-OH is 2. The summed E-state index contributed by atoms with van der Waals surface area (Å²) in [5, 5.41) is 28.9. The first-order valence-corrected chi connectivity index (χ1v) is 8.70. The maximum absolute atomic E-state index is 12.9. The lowest BCUT2D eigenvalue weighted by Gasteiger charge is -2.23. The van der Waals surface area contributed by atoms with E-state index in [0.717, 1.165) is 25.7 Å². The van der Waals surface area contributed by atoms with Crippen LogP contribution in [-0.4, -0.2) is 51.5 Å². The van der Waals surface area contributed by atoms with Crippen LogP contribution in [-0.2, 0) is 14.3 Å². The first-order chi connectivity index (χ1) is 11.9. The van der Waals surface area contributed by atoms with Crippen LogP contribution in [0.15, 0.2) is 34.9 Å². The molecule has 3 N–H and O–H groups in total. The highest BCUT2D eigenvalue weighted by molar-refractivity contribution is 6.08. The van der Waals surface area contributed by atoms with E-state index >= 15 is 0 Å². The molecule has 25 heavy (non-hydrogen) atoms. The molecule has 1 fully saturated rings. The van der Waals surface area contributed by atoms with Crippen molar-refractivity contribution in [2.24, 2.45) is 0 Å². The molecule has 0 bridgehead atoms. The van der Waals surface area contributed by atoms with Gasteiger partial charge in [-0.1, -0.05) is 38.0 Å². The van der Waals surface area contributed by atoms with Crippen LogP contribution in [0, 0.1) is 0 Å². The molecule has 1 aliphatic heterocycles. The number of carboxylic acid groups (broad SMARTS) is 1. The molecule has 6 heteroatoms. The predicted molar refractivity (Wildman–Crippen MR) is 92.0 cm³/mol. The molecule has 0 radical (unpaired) electrons. The van der Waals surface area contributed by atoms with Crippen LogP contribution in [0.25, 0.3) is 0 Å². The number of unbranched alkanes of at least 4 members (excludes halogenated alkanes) is 3. The number of ketones is 1. The zero-order valence-electron chi connectivity index (χ0n) is 14.7. The Balaban J connectivity index is 2.21. The van der Waals surface area contributed by atoms with Gasteiger partial charge in [-0.2, -0.15) is 0 Å². The van der Waals surface area contributed by atoms with E-state index in [2.05, 4.69) is 6.92 Å². The number of hydrogen-bond acceptors (Lipinski definition) is 5. The maximum atomic E-state index is 12.9. The van der Waals surface area contributed by atoms with E-state index in [0.29, 0.717) is 0 Å². The standard InChI is InChI=1S/C19H26O6/c1-3-4-5-6-7-8-13-14(11-20)15(21)17-19(25-17,16(13)22)10-9-12(2)18(23)24/h7-9,15,17,20-21H,3-6,10-11H2,1-2H3,(H,23,24)/b8-7+,12-9+/t15-,17-,19+/m0/s1. The SMILES string of the molecule is CCCCC/C=C/C1=C(CO)[C@H](O)[C@@H]2O[C@]2(C/C=C(\C)C(=O)O)C1=O. The molecule has 1 aliphatic carbocycles. The molecule has 0 saturated carbocycles. The lowest BCUT2D eigenvalue weighted by Crippen LogP contribution is -2.40. The summed E-state index contributed by atoms with van der Waals surface area (Å²) in [4.78, 5) is 23.8. The highest BCUT2D eigenvalue weighted by atomic mass is 16.6. The van der Waals surface area contributed by atoms with E-state index in [1.54, 1.807) is 6.08 Å². The molecular formula is C19H26O6. The van der Waals surface area contributed by atoms with Crippen molar-refractivity contribution < 1.29 is 29.6 Å². The van der Waals surface area contributed by atoms with E-state index in [1.807, 2.05) is 6.08 Å². The van der Waals surface area contributed by atoms with Crippen molar-refractivity contribution in [1.82, 2.24) is 0 Å². The average molecular weight is 350 g/mol. The van der Waals surface area contributed by atoms with Crippen LogP contribution in [0.3, 0.4) is 0 Å². The average Bonchev–Trinajstić information content (AvgIpc) is 3.33. The molecule has 0 unspecified atom stereocenters. The van der Waals surface area contributed by atoms with Gasteiger partial charge in [-0.15, -0.1) is 0 Å². The van der Waals surface area contributed by atoms with Gasteiger partial charge in [-0.3, -0.25) is 4.79 Å². The quantitative estimate of drug-likeness (QED) is 0.333. The summed E-state index contributed by atoms with van der Waals surface area (Å²) in [6, 6.07) is 0. The number of carbonyl (C=O) groups is 2. The number of aliphatic hydroxyl groups is 2. The number of fused-ring (bicyclic) bond motifs is 1. The number of carboxylic acids is 1. The molecule has 1 heterocycles. The predicted octanol–water partition coefficient (Wildman–Crippen LogP) is 1.91. The fourth-order valence-corrected chi connectivity index (χ4v) is 3.13. The molecule has 1 saturated heterocycles. The van der Waals surface area contributed by atoms with Crippen LogP contribution in [0.1, 0.15) is 46.0 Å². The highest BCUT2D eigenvalue weighted by Crippen LogP contribution is 2.50. The second kappa shape index (κ2) is 8.08. The van der Waals surface area contributed by atoms with Gasteiger partial charge in [0, 0.05) is 17.6 Å². The van der Waals surface area contributed by atoms with Gasteiger partial charge in [0.1, 0.15) is 12.2 Å². The highest BCUT2D eigenvalue weighted by Gasteiger charge is 2.67. The van der Waals surface area contributed by atoms with Crippen LogP contribution >= 0.6 is 0 Å². The van der Waals surface area contributed by atoms with Gasteiger partial charge in [0.15, 0.2) is 11.4 Å². The molecule has 3 atom stereocenters. The first kappa shape index (κ1) is 19.6. The minimum absolute atomic E-state index is 0.0948. The molecule has 0 spiro atoms. The third kappa shape index (κ3) is 3.92. The second-order valence-corrected chi connectivity index (χ2v) is 6.59. The number of hydrogen-bond donors (Lipinski definition) is 3. The molecule has 2 rings (SSSR count). The topological polar surface area (TPSA) is 107 Å². The van der Waals surface area contributed by atoms with Crippen LogP contribution in [0.5, 0.6) is 0 Å². The Labute approximate surface area is 147 Å². The smallest absolute Gasteiger partial charge is 0.330 e. The Morgan fingerprint density at radius 3 is 2.68 bits per heavy atom. The maximum Gasteiger partial charge on any atom is 0.330 e. The number of allylic oxidation sites excluding steroid dienone is 2. The Morgan fingerprint density at radius 2 is 2.08 bits per heavy atom. The van der Waals surface area contributed by atoms with Crippen LogP contribution in [0.4, 0.5) is 0 Å². The normalized spacial score (nSPS) is 29.3. The van der Waals surface area contributed by atoms with Gasteiger partial charge >= 0.3 is 5.97 Å². The monoisotopic (exact) mass is 350 g/mol. The van der Waals surface area contributed by atoms with E-state index in [-0.39, 0.29) is 28.9 Å². The van der Waals surface area contributed by atoms with Crippen molar-refractivity contribution in [3.05, 3.63) is 34.9 Å². The largest absolute Gasteiger partial charge is 0.478 e. The van der Waals surface area contributed by atoms with Crippen LogP contribution < -0.4 is 0 Å². The Bertz CT molecular complexity index is 630. The minimum atomic E-state index is -1.21. The number of rotatable bonds is 9. The molecular weight excluding hydrogens is 324 g/mol. The first-order valence-electron chi connectivity index (χ1n) is 8.70. The van der Waals surface area contributed by atoms with E-state index < -0.39 is 30.4 Å². The van der Waals surface area contributed by atoms with Gasteiger partial charge in [0.25, 0.3) is 0 Å². The fraction of sp³-hybridized carbons (Fsp3) is 0.579. The lowest BCUT2D eigenvalue weighted by molar-refractivity contribution is -0.132. The fourth-order valence-electron chi connectivity index (χ4n) is 3.13. The minimum Gasteiger partial charge on any atom is -0.478 e. The second-order valence-electron chi connectivity index (χ2n) is 6.59. The number of ether oxygens (including phenoxy) is 1. The van der Waals surface area contributed by atoms with Crippen molar-refractivity contribution in [3.63, 3.8) is 0 Å². The van der Waals surface area contributed by atoms with Crippen LogP contribution in [0.2, 0.25) is 0 Å². The molecule has 0 amide bonds. The van der Waals surface area contributed by atoms with Gasteiger partial charge in [-0.05, 0) is 25.3 Å². The summed E-state index contributed by atoms with van der Waals surface area (Å²) in [6.45, 7) is 3.14. The van der Waals surface area contributed by atoms with Gasteiger partial charge in [0.2, 0.25) is 0 Å². The zero-order valence-corrected chi connectivity index (χ0v) is 14.7. The molecule has 0 aromatic heterocycles. The van der Waals surface area contributed by atoms with Crippen molar-refractivity contribution in [1.29, 1.82) is 0 Å². The van der Waals surface area contributed by atoms with Crippen molar-refractivity contribution in [2.45, 2.75) is 63.8 Å². The Kier molecular flexibility index (Phi) is 6.32. The Hall–Kier alpha value is -1.76. The summed E-state index contributed by atoms with van der Waals surface area (Å²) in [7, 11) is 0. The summed E-state index contributed by atoms with van der Waals surface area (Å²) < 4.78 is 5.50. The van der Waals surface area contributed by atoms with E-state index in [9.17, 15) is 19.8 Å². The van der Waals surface area contributed by atoms with E-state index in [4.69, 9.17) is 9.84 Å². The van der Waals surface area contributed by atoms with Gasteiger partial charge < -0.3 is 20.1 Å². The molecule has 138 valence electrons. The number of Topliss-reactive ketones (excluding diaryl/α,β-unsaturated/α-hetero) is 1. The summed E-state index contributed by atoms with van der Waals surface area (Å²) in [6.07, 6.45) is 7.31.